The van der Waals surface area contributed by atoms with Crippen molar-refractivity contribution in [3.05, 3.63) is 624 Å². The van der Waals surface area contributed by atoms with E-state index < -0.39 is 0 Å². The molecule has 0 amide bonds. The number of aromatic nitrogens is 2. The lowest BCUT2D eigenvalue weighted by molar-refractivity contribution is 1.18. The number of thiophene rings is 1. The summed E-state index contributed by atoms with van der Waals surface area (Å²) in [6.45, 7) is 8.44. The average molecular weight is 1910 g/mol. The summed E-state index contributed by atoms with van der Waals surface area (Å²) in [5, 5.41) is 4.94. The van der Waals surface area contributed by atoms with E-state index in [1.165, 1.54) is 120 Å². The number of anilines is 8. The van der Waals surface area contributed by atoms with E-state index in [9.17, 15) is 0 Å². The molecule has 0 N–H and O–H groups in total. The first-order valence-electron chi connectivity index (χ1n) is 50.3. The summed E-state index contributed by atoms with van der Waals surface area (Å²) in [7, 11) is 0. The highest BCUT2D eigenvalue weighted by molar-refractivity contribution is 7.18. The van der Waals surface area contributed by atoms with E-state index in [1.54, 1.807) is 0 Å². The van der Waals surface area contributed by atoms with Gasteiger partial charge in [0.15, 0.2) is 0 Å². The number of benzene rings is 21. The summed E-state index contributed by atoms with van der Waals surface area (Å²) in [5.74, 6) is 0. The Morgan fingerprint density at radius 3 is 0.905 bits per heavy atom. The molecule has 24 aromatic rings. The molecule has 0 unspecified atom stereocenters. The van der Waals surface area contributed by atoms with E-state index in [0.717, 1.165) is 107 Å². The highest BCUT2D eigenvalue weighted by Gasteiger charge is 2.22. The molecule has 0 aliphatic rings. The molecule has 0 saturated carbocycles. The van der Waals surface area contributed by atoms with Gasteiger partial charge in [-0.25, -0.2) is 0 Å². The molecule has 148 heavy (non-hydrogen) atoms. The molecule has 0 bridgehead atoms. The van der Waals surface area contributed by atoms with E-state index >= 15 is 0 Å². The first-order valence-corrected chi connectivity index (χ1v) is 51.1. The van der Waals surface area contributed by atoms with Crippen LogP contribution in [0.1, 0.15) is 16.7 Å². The van der Waals surface area contributed by atoms with E-state index in [2.05, 4.69) is 619 Å². The number of para-hydroxylation sites is 4. The third-order valence-electron chi connectivity index (χ3n) is 27.7. The molecule has 0 aliphatic carbocycles. The van der Waals surface area contributed by atoms with Gasteiger partial charge in [-0.3, -0.25) is 0 Å². The van der Waals surface area contributed by atoms with Crippen LogP contribution in [0.15, 0.2) is 607 Å². The Kier molecular flexibility index (Phi) is 26.8. The lowest BCUT2D eigenvalue weighted by atomic mass is 10.00. The molecular weight excluding hydrogens is 1810 g/mol. The third kappa shape index (κ3) is 19.9. The van der Waals surface area contributed by atoms with Crippen molar-refractivity contribution in [1.29, 1.82) is 0 Å². The van der Waals surface area contributed by atoms with E-state index in [-0.39, 0.29) is 0 Å². The fraction of sp³-hybridized carbons (Fsp3) is 0. The fourth-order valence-corrected chi connectivity index (χ4v) is 21.2. The van der Waals surface area contributed by atoms with Crippen molar-refractivity contribution in [1.82, 2.24) is 9.13 Å². The maximum atomic E-state index is 4.28. The Balaban J connectivity index is 0.000000164. The predicted octanol–water partition coefficient (Wildman–Crippen LogP) is 39.8. The number of hydrogen-bond donors (Lipinski definition) is 0. The van der Waals surface area contributed by atoms with Gasteiger partial charge in [0.1, 0.15) is 0 Å². The Bertz CT molecular complexity index is 8810. The first kappa shape index (κ1) is 92.5. The van der Waals surface area contributed by atoms with Gasteiger partial charge < -0.3 is 23.8 Å². The van der Waals surface area contributed by atoms with Gasteiger partial charge in [0.2, 0.25) is 0 Å². The minimum Gasteiger partial charge on any atom is -0.311 e. The Morgan fingerprint density at radius 2 is 0.486 bits per heavy atom. The highest BCUT2D eigenvalue weighted by Crippen LogP contribution is 2.45. The van der Waals surface area contributed by atoms with Crippen LogP contribution in [0, 0.1) is 0 Å². The second-order valence-electron chi connectivity index (χ2n) is 36.8. The van der Waals surface area contributed by atoms with Crippen LogP contribution in [0.5, 0.6) is 0 Å². The number of allylic oxidation sites excluding steroid dienone is 7. The summed E-state index contributed by atoms with van der Waals surface area (Å²) in [5.41, 5.74) is 40.1. The molecule has 0 saturated heterocycles. The van der Waals surface area contributed by atoms with Crippen molar-refractivity contribution >= 4 is 118 Å². The highest BCUT2D eigenvalue weighted by atomic mass is 32.1. The fourth-order valence-electron chi connectivity index (χ4n) is 20.1. The van der Waals surface area contributed by atoms with Gasteiger partial charge in [0.05, 0.1) is 22.1 Å². The maximum absolute atomic E-state index is 4.28. The normalized spacial score (nSPS) is 11.6. The molecule has 21 aromatic carbocycles. The molecule has 0 fully saturated rings. The summed E-state index contributed by atoms with van der Waals surface area (Å²) in [6, 6.07) is 198. The molecule has 702 valence electrons. The lowest BCUT2D eigenvalue weighted by Crippen LogP contribution is -2.14. The van der Waals surface area contributed by atoms with Crippen molar-refractivity contribution in [3.8, 4) is 110 Å². The largest absolute Gasteiger partial charge is 0.311 e. The summed E-state index contributed by atoms with van der Waals surface area (Å²) < 4.78 is 4.74. The molecule has 5 nitrogen and oxygen atoms in total. The van der Waals surface area contributed by atoms with Crippen molar-refractivity contribution < 1.29 is 0 Å². The zero-order valence-corrected chi connectivity index (χ0v) is 82.5. The number of fused-ring (bicyclic) bond motifs is 6. The molecule has 24 rings (SSSR count). The van der Waals surface area contributed by atoms with Crippen LogP contribution in [0.25, 0.3) is 171 Å². The van der Waals surface area contributed by atoms with E-state index in [1.807, 2.05) is 29.6 Å². The topological polar surface area (TPSA) is 19.6 Å². The maximum Gasteiger partial charge on any atom is 0.0541 e. The molecule has 0 radical (unpaired) electrons. The first-order chi connectivity index (χ1) is 73.3. The predicted molar refractivity (Wildman–Crippen MR) is 634 cm³/mol. The van der Waals surface area contributed by atoms with Crippen LogP contribution < -0.4 is 14.7 Å². The quantitative estimate of drug-likeness (QED) is 0.0479. The minimum absolute atomic E-state index is 0.963. The SMILES string of the molecule is C=C/C(=C\C=C\c1ccc2c(c1)c1ccccc1n2-c1ccccc1)N(c1ccccc1)c1ccc(-c2ccc(N(c3ccc(-c4ccccc4)cc3)c3ccc(-c4ccccc4)cc3)cc2)cc1.C=C/C(=C\C=C\c1ccccc1)c1ccc(N(c2ccc(-c3ccc(-c4ccccc4)cc3)cc2)c2ccc(-c3ccc(-n4c5ccccc5c5cc(-c6ccc(-c7ccc(-c8ccccc8)s7)cc6)ccc54)cc3)cc2)cc1. The van der Waals surface area contributed by atoms with Crippen molar-refractivity contribution in [2.24, 2.45) is 0 Å². The van der Waals surface area contributed by atoms with Gasteiger partial charge >= 0.3 is 0 Å². The standard InChI is InChI=1S/C76H54N2S.C66H49N3/c1-2-55(22-14-17-54-15-6-3-7-16-54)57-33-42-67(43-34-57)77(68-44-35-60(36-45-68)59-27-25-58(26-28-59)56-18-8-4-9-19-56)69-46-37-61(38-47-69)62-39-48-70(49-40-62)78-73-24-13-12-23-71(73)72-53-66(41-50-74(72)78)63-29-31-65(32-30-63)76-52-51-75(79-76)64-20-10-5-11-21-64;1-2-56(27-17-18-49-30-47-66-64(48-49)63-28-15-16-29-65(63)69(66)58-25-13-6-14-26-58)67(57-23-11-5-12-24-57)59-39-35-54(36-40-59)55-37-45-62(46-38-55)68(60-41-31-52(32-42-60)50-19-7-3-8-20-50)61-43-33-53(34-44-61)51-21-9-4-10-22-51/h2-53H,1H2;2-48H,1H2/b17-14+,55-22+;18-17+,56-27+. The average Bonchev–Trinajstić information content (AvgIpc) is 1.58. The van der Waals surface area contributed by atoms with Crippen molar-refractivity contribution in [2.45, 2.75) is 0 Å². The van der Waals surface area contributed by atoms with Gasteiger partial charge in [0.25, 0.3) is 0 Å². The van der Waals surface area contributed by atoms with Crippen LogP contribution in [0.4, 0.5) is 45.5 Å². The van der Waals surface area contributed by atoms with Crippen LogP contribution >= 0.6 is 11.3 Å². The smallest absolute Gasteiger partial charge is 0.0541 e. The monoisotopic (exact) mass is 1910 g/mol. The molecule has 0 atom stereocenters. The third-order valence-corrected chi connectivity index (χ3v) is 28.9. The van der Waals surface area contributed by atoms with Gasteiger partial charge in [-0.1, -0.05) is 432 Å². The van der Waals surface area contributed by atoms with Crippen molar-refractivity contribution in [3.63, 3.8) is 0 Å². The number of nitrogens with zero attached hydrogens (tertiary/aromatic N) is 5. The van der Waals surface area contributed by atoms with Crippen LogP contribution in [-0.4, -0.2) is 9.13 Å². The summed E-state index contributed by atoms with van der Waals surface area (Å²) in [6.07, 6.45) is 16.6. The molecule has 3 heterocycles. The molecule has 0 spiro atoms. The van der Waals surface area contributed by atoms with E-state index in [0.29, 0.717) is 0 Å². The summed E-state index contributed by atoms with van der Waals surface area (Å²) >= 11 is 1.84. The molecule has 3 aromatic heterocycles. The second kappa shape index (κ2) is 42.9. The van der Waals surface area contributed by atoms with Crippen LogP contribution in [0.2, 0.25) is 0 Å². The van der Waals surface area contributed by atoms with Crippen LogP contribution in [-0.2, 0) is 0 Å². The Hall–Kier alpha value is -19.2. The van der Waals surface area contributed by atoms with Gasteiger partial charge in [-0.05, 0) is 293 Å². The van der Waals surface area contributed by atoms with Gasteiger partial charge in [0, 0.05) is 93.9 Å². The lowest BCUT2D eigenvalue weighted by Gasteiger charge is -2.27. The molecular formula is C142H103N5S. The molecule has 0 aliphatic heterocycles. The van der Waals surface area contributed by atoms with Crippen LogP contribution in [0.3, 0.4) is 0 Å². The Labute approximate surface area is 869 Å². The molecule has 6 heteroatoms. The zero-order valence-electron chi connectivity index (χ0n) is 81.7. The summed E-state index contributed by atoms with van der Waals surface area (Å²) in [4.78, 5) is 9.47. The van der Waals surface area contributed by atoms with Gasteiger partial charge in [-0.15, -0.1) is 11.3 Å². The second-order valence-corrected chi connectivity index (χ2v) is 37.9. The van der Waals surface area contributed by atoms with E-state index in [4.69, 9.17) is 0 Å². The van der Waals surface area contributed by atoms with Crippen molar-refractivity contribution in [2.75, 3.05) is 14.7 Å². The van der Waals surface area contributed by atoms with Gasteiger partial charge in [-0.2, -0.15) is 0 Å². The minimum atomic E-state index is 0.963. The zero-order chi connectivity index (χ0) is 99.3. The number of rotatable bonds is 27. The Morgan fingerprint density at radius 1 is 0.203 bits per heavy atom. The number of hydrogen-bond acceptors (Lipinski definition) is 4.